The van der Waals surface area contributed by atoms with Crippen LogP contribution in [-0.4, -0.2) is 72.3 Å². The third-order valence-electron chi connectivity index (χ3n) is 8.65. The molecule has 3 aliphatic rings. The number of fused-ring (bicyclic) bond motifs is 1. The maximum absolute atomic E-state index is 14.1. The summed E-state index contributed by atoms with van der Waals surface area (Å²) in [5.74, 6) is 0.281. The molecule has 0 radical (unpaired) electrons. The summed E-state index contributed by atoms with van der Waals surface area (Å²) in [5, 5.41) is 6.20. The molecule has 0 bridgehead atoms. The quantitative estimate of drug-likeness (QED) is 0.550. The van der Waals surface area contributed by atoms with E-state index in [-0.39, 0.29) is 35.6 Å². The lowest BCUT2D eigenvalue weighted by molar-refractivity contribution is -0.147. The molecule has 3 amide bonds. The largest absolute Gasteiger partial charge is 0.343 e. The molecule has 0 aromatic heterocycles. The molecule has 4 atom stereocenters. The summed E-state index contributed by atoms with van der Waals surface area (Å²) in [6.07, 6.45) is 9.57. The molecule has 198 valence electrons. The lowest BCUT2D eigenvalue weighted by Gasteiger charge is -2.36. The van der Waals surface area contributed by atoms with E-state index in [2.05, 4.69) is 22.8 Å². The third-order valence-corrected chi connectivity index (χ3v) is 8.65. The highest BCUT2D eigenvalue weighted by molar-refractivity contribution is 5.94. The average Bonchev–Trinajstić information content (AvgIpc) is 3.27. The molecule has 7 heteroatoms. The Balaban J connectivity index is 1.51. The first-order valence-corrected chi connectivity index (χ1v) is 14.1. The molecule has 1 aliphatic carbocycles. The third kappa shape index (κ3) is 6.10. The number of nitrogens with one attached hydrogen (secondary N) is 2. The molecule has 2 saturated heterocycles. The molecular weight excluding hydrogens is 452 g/mol. The SMILES string of the molecule is CC[C@H](NC)C(=O)N[C@H](C(=O)N1CC[C@@H]2CCCN(CCc3ccccc3)C(=O)[C@@H]21)C1CCCCC1. The number of carbonyl (C=O) groups excluding carboxylic acids is 3. The second-order valence-corrected chi connectivity index (χ2v) is 10.9. The number of hydrogen-bond donors (Lipinski definition) is 2. The van der Waals surface area contributed by atoms with Gasteiger partial charge in [0.05, 0.1) is 6.04 Å². The maximum atomic E-state index is 14.1. The second-order valence-electron chi connectivity index (χ2n) is 10.9. The highest BCUT2D eigenvalue weighted by Crippen LogP contribution is 2.35. The summed E-state index contributed by atoms with van der Waals surface area (Å²) in [6.45, 7) is 4.01. The highest BCUT2D eigenvalue weighted by Gasteiger charge is 2.47. The number of rotatable bonds is 9. The predicted octanol–water partition coefficient (Wildman–Crippen LogP) is 3.13. The molecule has 4 rings (SSSR count). The minimum Gasteiger partial charge on any atom is -0.343 e. The van der Waals surface area contributed by atoms with E-state index in [9.17, 15) is 14.4 Å². The molecular formula is C29H44N4O3. The Labute approximate surface area is 216 Å². The average molecular weight is 497 g/mol. The molecule has 2 N–H and O–H groups in total. The van der Waals surface area contributed by atoms with Gasteiger partial charge in [0.2, 0.25) is 17.7 Å². The standard InChI is InChI=1S/C29H44N4O3/c1-3-24(30-2)27(34)31-25(22-13-8-5-9-14-22)28(35)33-20-17-23-15-10-18-32(29(36)26(23)33)19-16-21-11-6-4-7-12-21/h4,6-7,11-12,22-26,30H,3,5,8-10,13-20H2,1-2H3,(H,31,34)/t23-,24-,25-,26+/m0/s1. The Hall–Kier alpha value is -2.41. The molecule has 3 fully saturated rings. The lowest BCUT2D eigenvalue weighted by atomic mass is 9.83. The fourth-order valence-corrected chi connectivity index (χ4v) is 6.51. The minimum absolute atomic E-state index is 0.0491. The molecule has 0 spiro atoms. The monoisotopic (exact) mass is 496 g/mol. The molecule has 36 heavy (non-hydrogen) atoms. The number of nitrogens with zero attached hydrogens (tertiary/aromatic N) is 2. The minimum atomic E-state index is -0.548. The molecule has 2 aliphatic heterocycles. The number of hydrogen-bond acceptors (Lipinski definition) is 4. The Morgan fingerprint density at radius 2 is 1.75 bits per heavy atom. The van der Waals surface area contributed by atoms with Crippen LogP contribution in [0.25, 0.3) is 0 Å². The summed E-state index contributed by atoms with van der Waals surface area (Å²) in [5.41, 5.74) is 1.22. The van der Waals surface area contributed by atoms with Crippen LogP contribution < -0.4 is 10.6 Å². The van der Waals surface area contributed by atoms with Gasteiger partial charge in [0.1, 0.15) is 12.1 Å². The zero-order valence-corrected chi connectivity index (χ0v) is 22.1. The van der Waals surface area contributed by atoms with Crippen molar-refractivity contribution in [1.82, 2.24) is 20.4 Å². The van der Waals surface area contributed by atoms with Gasteiger partial charge in [-0.2, -0.15) is 0 Å². The number of benzene rings is 1. The topological polar surface area (TPSA) is 81.8 Å². The van der Waals surface area contributed by atoms with Crippen molar-refractivity contribution in [2.24, 2.45) is 11.8 Å². The van der Waals surface area contributed by atoms with E-state index in [4.69, 9.17) is 0 Å². The Morgan fingerprint density at radius 3 is 2.44 bits per heavy atom. The zero-order chi connectivity index (χ0) is 25.5. The zero-order valence-electron chi connectivity index (χ0n) is 22.1. The number of likely N-dealkylation sites (tertiary alicyclic amines) is 2. The Bertz CT molecular complexity index is 882. The van der Waals surface area contributed by atoms with Gasteiger partial charge in [-0.25, -0.2) is 0 Å². The van der Waals surface area contributed by atoms with E-state index < -0.39 is 12.1 Å². The van der Waals surface area contributed by atoms with Crippen molar-refractivity contribution in [2.75, 3.05) is 26.7 Å². The van der Waals surface area contributed by atoms with E-state index in [1.54, 1.807) is 7.05 Å². The number of amides is 3. The van der Waals surface area contributed by atoms with Gasteiger partial charge in [0.15, 0.2) is 0 Å². The van der Waals surface area contributed by atoms with E-state index >= 15 is 0 Å². The molecule has 7 nitrogen and oxygen atoms in total. The first-order chi connectivity index (χ1) is 17.5. The molecule has 2 heterocycles. The smallest absolute Gasteiger partial charge is 0.246 e. The van der Waals surface area contributed by atoms with Gasteiger partial charge < -0.3 is 20.4 Å². The molecule has 1 aromatic rings. The molecule has 1 saturated carbocycles. The first-order valence-electron chi connectivity index (χ1n) is 14.1. The predicted molar refractivity (Wildman–Crippen MR) is 141 cm³/mol. The van der Waals surface area contributed by atoms with Crippen LogP contribution in [0.3, 0.4) is 0 Å². The van der Waals surface area contributed by atoms with Crippen LogP contribution in [0, 0.1) is 11.8 Å². The summed E-state index contributed by atoms with van der Waals surface area (Å²) in [7, 11) is 1.78. The fourth-order valence-electron chi connectivity index (χ4n) is 6.51. The summed E-state index contributed by atoms with van der Waals surface area (Å²) < 4.78 is 0. The van der Waals surface area contributed by atoms with Gasteiger partial charge in [0.25, 0.3) is 0 Å². The summed E-state index contributed by atoms with van der Waals surface area (Å²) >= 11 is 0. The van der Waals surface area contributed by atoms with Gasteiger partial charge in [-0.05, 0) is 69.4 Å². The van der Waals surface area contributed by atoms with E-state index in [1.807, 2.05) is 34.9 Å². The van der Waals surface area contributed by atoms with Crippen molar-refractivity contribution < 1.29 is 14.4 Å². The van der Waals surface area contributed by atoms with E-state index in [1.165, 1.54) is 12.0 Å². The summed E-state index contributed by atoms with van der Waals surface area (Å²) in [4.78, 5) is 44.8. The van der Waals surface area contributed by atoms with Crippen LogP contribution in [0.15, 0.2) is 30.3 Å². The van der Waals surface area contributed by atoms with Crippen molar-refractivity contribution in [2.45, 2.75) is 89.3 Å². The van der Waals surface area contributed by atoms with Crippen molar-refractivity contribution in [3.05, 3.63) is 35.9 Å². The van der Waals surface area contributed by atoms with E-state index in [0.717, 1.165) is 57.9 Å². The second kappa shape index (κ2) is 12.7. The van der Waals surface area contributed by atoms with Crippen molar-refractivity contribution in [3.63, 3.8) is 0 Å². The van der Waals surface area contributed by atoms with E-state index in [0.29, 0.717) is 19.5 Å². The van der Waals surface area contributed by atoms with Gasteiger partial charge >= 0.3 is 0 Å². The Kier molecular flexibility index (Phi) is 9.41. The van der Waals surface area contributed by atoms with Gasteiger partial charge in [0, 0.05) is 19.6 Å². The van der Waals surface area contributed by atoms with Crippen molar-refractivity contribution >= 4 is 17.7 Å². The highest BCUT2D eigenvalue weighted by atomic mass is 16.2. The van der Waals surface area contributed by atoms with Crippen LogP contribution >= 0.6 is 0 Å². The van der Waals surface area contributed by atoms with Crippen LogP contribution in [0.5, 0.6) is 0 Å². The fraction of sp³-hybridized carbons (Fsp3) is 0.690. The lowest BCUT2D eigenvalue weighted by Crippen LogP contribution is -2.59. The van der Waals surface area contributed by atoms with Gasteiger partial charge in [-0.3, -0.25) is 14.4 Å². The molecule has 0 unspecified atom stereocenters. The maximum Gasteiger partial charge on any atom is 0.246 e. The summed E-state index contributed by atoms with van der Waals surface area (Å²) in [6, 6.07) is 9.01. The first kappa shape index (κ1) is 26.6. The number of likely N-dealkylation sites (N-methyl/N-ethyl adjacent to an activating group) is 1. The van der Waals surface area contributed by atoms with Crippen LogP contribution in [0.4, 0.5) is 0 Å². The number of carbonyl (C=O) groups is 3. The van der Waals surface area contributed by atoms with Crippen LogP contribution in [-0.2, 0) is 20.8 Å². The van der Waals surface area contributed by atoms with Crippen LogP contribution in [0.1, 0.15) is 70.3 Å². The van der Waals surface area contributed by atoms with Gasteiger partial charge in [-0.15, -0.1) is 0 Å². The molecule has 1 aromatic carbocycles. The van der Waals surface area contributed by atoms with Crippen molar-refractivity contribution in [3.8, 4) is 0 Å². The normalized spacial score (nSPS) is 24.7. The van der Waals surface area contributed by atoms with Crippen molar-refractivity contribution in [1.29, 1.82) is 0 Å². The Morgan fingerprint density at radius 1 is 1.00 bits per heavy atom. The van der Waals surface area contributed by atoms with Crippen LogP contribution in [0.2, 0.25) is 0 Å². The van der Waals surface area contributed by atoms with Gasteiger partial charge in [-0.1, -0.05) is 56.5 Å².